The number of carbonyl (C=O) groups excluding carboxylic acids is 1. The summed E-state index contributed by atoms with van der Waals surface area (Å²) in [5, 5.41) is 2.98. The molecule has 1 rings (SSSR count). The van der Waals surface area contributed by atoms with Gasteiger partial charge in [-0.25, -0.2) is 4.79 Å². The second-order valence-corrected chi connectivity index (χ2v) is 6.90. The number of unbranched alkanes of at least 4 members (excludes halogenated alkanes) is 1. The van der Waals surface area contributed by atoms with Gasteiger partial charge in [-0.1, -0.05) is 18.2 Å². The lowest BCUT2D eigenvalue weighted by Crippen LogP contribution is -2.38. The molecule has 1 aromatic rings. The zero-order valence-electron chi connectivity index (χ0n) is 16.5. The van der Waals surface area contributed by atoms with Gasteiger partial charge in [0.1, 0.15) is 5.75 Å². The van der Waals surface area contributed by atoms with Crippen molar-refractivity contribution in [2.45, 2.75) is 46.1 Å². The highest BCUT2D eigenvalue weighted by Crippen LogP contribution is 2.16. The standard InChI is InChI=1S/C20H35N3O2/c1-17(2)22(4)14-9-8-13-21-20(24)23(5)15-10-16-25-19-12-7-6-11-18(19)3/h6-7,11-12,17H,8-10,13-16H2,1-5H3,(H,21,24). The Labute approximate surface area is 153 Å². The smallest absolute Gasteiger partial charge is 0.317 e. The van der Waals surface area contributed by atoms with Crippen molar-refractivity contribution in [3.05, 3.63) is 29.8 Å². The van der Waals surface area contributed by atoms with Crippen molar-refractivity contribution in [3.63, 3.8) is 0 Å². The van der Waals surface area contributed by atoms with Crippen LogP contribution in [0.4, 0.5) is 4.79 Å². The molecule has 2 amide bonds. The van der Waals surface area contributed by atoms with Gasteiger partial charge in [0.05, 0.1) is 6.61 Å². The summed E-state index contributed by atoms with van der Waals surface area (Å²) in [7, 11) is 3.96. The van der Waals surface area contributed by atoms with Crippen LogP contribution >= 0.6 is 0 Å². The number of carbonyl (C=O) groups is 1. The monoisotopic (exact) mass is 349 g/mol. The van der Waals surface area contributed by atoms with Gasteiger partial charge in [-0.3, -0.25) is 0 Å². The lowest BCUT2D eigenvalue weighted by molar-refractivity contribution is 0.202. The average molecular weight is 350 g/mol. The van der Waals surface area contributed by atoms with Crippen molar-refractivity contribution in [1.29, 1.82) is 0 Å². The maximum Gasteiger partial charge on any atom is 0.317 e. The van der Waals surface area contributed by atoms with Crippen LogP contribution in [-0.2, 0) is 0 Å². The molecule has 0 aliphatic rings. The Balaban J connectivity index is 2.09. The maximum atomic E-state index is 12.0. The predicted octanol–water partition coefficient (Wildman–Crippen LogP) is 3.53. The van der Waals surface area contributed by atoms with Crippen LogP contribution in [0.25, 0.3) is 0 Å². The number of benzene rings is 1. The molecule has 0 radical (unpaired) electrons. The quantitative estimate of drug-likeness (QED) is 0.622. The van der Waals surface area contributed by atoms with E-state index in [1.54, 1.807) is 4.90 Å². The van der Waals surface area contributed by atoms with Gasteiger partial charge >= 0.3 is 6.03 Å². The highest BCUT2D eigenvalue weighted by molar-refractivity contribution is 5.73. The van der Waals surface area contributed by atoms with Crippen LogP contribution in [0.2, 0.25) is 0 Å². The fourth-order valence-electron chi connectivity index (χ4n) is 2.38. The summed E-state index contributed by atoms with van der Waals surface area (Å²) in [6.45, 7) is 9.53. The van der Waals surface area contributed by atoms with E-state index in [1.165, 1.54) is 0 Å². The third kappa shape index (κ3) is 8.77. The molecule has 0 saturated heterocycles. The number of para-hydroxylation sites is 1. The molecule has 0 spiro atoms. The van der Waals surface area contributed by atoms with Gasteiger partial charge in [0.25, 0.3) is 0 Å². The predicted molar refractivity (Wildman–Crippen MR) is 104 cm³/mol. The minimum atomic E-state index is -0.00638. The number of amides is 2. The fourth-order valence-corrected chi connectivity index (χ4v) is 2.38. The first-order valence-corrected chi connectivity index (χ1v) is 9.29. The summed E-state index contributed by atoms with van der Waals surface area (Å²) in [5.74, 6) is 0.918. The molecule has 1 N–H and O–H groups in total. The SMILES string of the molecule is Cc1ccccc1OCCCN(C)C(=O)NCCCCN(C)C(C)C. The van der Waals surface area contributed by atoms with Crippen LogP contribution in [0.15, 0.2) is 24.3 Å². The Kier molecular flexibility index (Phi) is 10.0. The summed E-state index contributed by atoms with van der Waals surface area (Å²) in [4.78, 5) is 16.1. The van der Waals surface area contributed by atoms with E-state index < -0.39 is 0 Å². The van der Waals surface area contributed by atoms with E-state index in [-0.39, 0.29) is 6.03 Å². The molecule has 0 atom stereocenters. The number of hydrogen-bond donors (Lipinski definition) is 1. The van der Waals surface area contributed by atoms with Crippen LogP contribution in [-0.4, -0.2) is 62.2 Å². The largest absolute Gasteiger partial charge is 0.493 e. The van der Waals surface area contributed by atoms with Gasteiger partial charge in [0, 0.05) is 26.2 Å². The summed E-state index contributed by atoms with van der Waals surface area (Å²) in [5.41, 5.74) is 1.14. The molecule has 0 fully saturated rings. The Morgan fingerprint density at radius 3 is 2.52 bits per heavy atom. The third-order valence-electron chi connectivity index (χ3n) is 4.43. The molecule has 0 aliphatic carbocycles. The van der Waals surface area contributed by atoms with Gasteiger partial charge in [-0.05, 0) is 65.3 Å². The fraction of sp³-hybridized carbons (Fsp3) is 0.650. The van der Waals surface area contributed by atoms with E-state index in [9.17, 15) is 4.79 Å². The Hall–Kier alpha value is -1.75. The normalized spacial score (nSPS) is 11.0. The molecule has 142 valence electrons. The molecule has 25 heavy (non-hydrogen) atoms. The molecular weight excluding hydrogens is 314 g/mol. The molecule has 0 bridgehead atoms. The lowest BCUT2D eigenvalue weighted by Gasteiger charge is -2.21. The third-order valence-corrected chi connectivity index (χ3v) is 4.43. The van der Waals surface area contributed by atoms with Gasteiger partial charge in [0.15, 0.2) is 0 Å². The maximum absolute atomic E-state index is 12.0. The Morgan fingerprint density at radius 1 is 1.12 bits per heavy atom. The van der Waals surface area contributed by atoms with Crippen molar-refractivity contribution >= 4 is 6.03 Å². The molecule has 0 heterocycles. The van der Waals surface area contributed by atoms with Crippen LogP contribution < -0.4 is 10.1 Å². The van der Waals surface area contributed by atoms with Gasteiger partial charge in [-0.2, -0.15) is 0 Å². The number of nitrogens with one attached hydrogen (secondary N) is 1. The second kappa shape index (κ2) is 11.7. The molecule has 0 unspecified atom stereocenters. The van der Waals surface area contributed by atoms with Gasteiger partial charge in [0.2, 0.25) is 0 Å². The van der Waals surface area contributed by atoms with E-state index in [0.29, 0.717) is 19.2 Å². The van der Waals surface area contributed by atoms with Crippen LogP contribution in [0.5, 0.6) is 5.75 Å². The summed E-state index contributed by atoms with van der Waals surface area (Å²) >= 11 is 0. The van der Waals surface area contributed by atoms with Crippen molar-refractivity contribution in [2.75, 3.05) is 40.3 Å². The minimum Gasteiger partial charge on any atom is -0.493 e. The molecule has 0 aromatic heterocycles. The lowest BCUT2D eigenvalue weighted by atomic mass is 10.2. The van der Waals surface area contributed by atoms with Crippen LogP contribution in [0.1, 0.15) is 38.7 Å². The zero-order valence-corrected chi connectivity index (χ0v) is 16.5. The number of urea groups is 1. The number of aryl methyl sites for hydroxylation is 1. The molecule has 5 heteroatoms. The van der Waals surface area contributed by atoms with Gasteiger partial charge in [-0.15, -0.1) is 0 Å². The number of hydrogen-bond acceptors (Lipinski definition) is 3. The van der Waals surface area contributed by atoms with Crippen molar-refractivity contribution in [3.8, 4) is 5.75 Å². The van der Waals surface area contributed by atoms with E-state index in [2.05, 4.69) is 31.1 Å². The van der Waals surface area contributed by atoms with Crippen LogP contribution in [0.3, 0.4) is 0 Å². The van der Waals surface area contributed by atoms with E-state index in [0.717, 1.165) is 43.7 Å². The van der Waals surface area contributed by atoms with E-state index in [4.69, 9.17) is 4.74 Å². The molecule has 0 aliphatic heterocycles. The van der Waals surface area contributed by atoms with E-state index >= 15 is 0 Å². The average Bonchev–Trinajstić information content (AvgIpc) is 2.59. The molecule has 0 saturated carbocycles. The summed E-state index contributed by atoms with van der Waals surface area (Å²) in [6, 6.07) is 8.55. The van der Waals surface area contributed by atoms with E-state index in [1.807, 2.05) is 38.2 Å². The molecule has 1 aromatic carbocycles. The first kappa shape index (κ1) is 21.3. The van der Waals surface area contributed by atoms with Crippen LogP contribution in [0, 0.1) is 6.92 Å². The Morgan fingerprint density at radius 2 is 1.84 bits per heavy atom. The minimum absolute atomic E-state index is 0.00638. The second-order valence-electron chi connectivity index (χ2n) is 6.90. The van der Waals surface area contributed by atoms with Gasteiger partial charge < -0.3 is 19.9 Å². The number of rotatable bonds is 11. The number of nitrogens with zero attached hydrogens (tertiary/aromatic N) is 2. The first-order valence-electron chi connectivity index (χ1n) is 9.29. The topological polar surface area (TPSA) is 44.8 Å². The molecule has 5 nitrogen and oxygen atoms in total. The van der Waals surface area contributed by atoms with Crippen molar-refractivity contribution in [2.24, 2.45) is 0 Å². The Bertz CT molecular complexity index is 505. The van der Waals surface area contributed by atoms with Crippen molar-refractivity contribution < 1.29 is 9.53 Å². The highest BCUT2D eigenvalue weighted by Gasteiger charge is 2.08. The summed E-state index contributed by atoms with van der Waals surface area (Å²) in [6.07, 6.45) is 2.92. The zero-order chi connectivity index (χ0) is 18.7. The van der Waals surface area contributed by atoms with Crippen molar-refractivity contribution in [1.82, 2.24) is 15.1 Å². The highest BCUT2D eigenvalue weighted by atomic mass is 16.5. The number of ether oxygens (including phenoxy) is 1. The molecular formula is C20H35N3O2. The summed E-state index contributed by atoms with van der Waals surface area (Å²) < 4.78 is 5.76. The first-order chi connectivity index (χ1) is 11.9.